The summed E-state index contributed by atoms with van der Waals surface area (Å²) in [6.07, 6.45) is 4.82. The van der Waals surface area contributed by atoms with E-state index in [-0.39, 0.29) is 10.8 Å². The molecule has 0 unspecified atom stereocenters. The fraction of sp³-hybridized carbons (Fsp3) is 0.143. The Kier molecular flexibility index (Phi) is 8.45. The van der Waals surface area contributed by atoms with Gasteiger partial charge >= 0.3 is 0 Å². The highest BCUT2D eigenvalue weighted by molar-refractivity contribution is 6.34. The molecule has 0 aliphatic heterocycles. The maximum atomic E-state index is 15.3. The van der Waals surface area contributed by atoms with Crippen LogP contribution in [0.5, 0.6) is 0 Å². The van der Waals surface area contributed by atoms with Crippen molar-refractivity contribution in [1.29, 1.82) is 0 Å². The fourth-order valence-electron chi connectivity index (χ4n) is 4.81. The van der Waals surface area contributed by atoms with E-state index in [2.05, 4.69) is 31.2 Å². The van der Waals surface area contributed by atoms with Gasteiger partial charge in [-0.1, -0.05) is 122 Å². The minimum atomic E-state index is -0.481. The van der Waals surface area contributed by atoms with Crippen LogP contribution in [0.25, 0.3) is 44.5 Å². The zero-order valence-electron chi connectivity index (χ0n) is 21.7. The van der Waals surface area contributed by atoms with Gasteiger partial charge in [0, 0.05) is 16.1 Å². The smallest absolute Gasteiger partial charge is 0.141 e. The van der Waals surface area contributed by atoms with Gasteiger partial charge in [-0.2, -0.15) is 0 Å². The highest BCUT2D eigenvalue weighted by atomic mass is 35.5. The Bertz CT molecular complexity index is 1590. The molecule has 5 aromatic carbocycles. The highest BCUT2D eigenvalue weighted by Gasteiger charge is 2.12. The first kappa shape index (κ1) is 27.1. The van der Waals surface area contributed by atoms with Crippen LogP contribution in [0.3, 0.4) is 0 Å². The van der Waals surface area contributed by atoms with Gasteiger partial charge in [-0.15, -0.1) is 0 Å². The predicted molar refractivity (Wildman–Crippen MR) is 161 cm³/mol. The van der Waals surface area contributed by atoms with Crippen molar-refractivity contribution >= 4 is 23.2 Å². The normalized spacial score (nSPS) is 11.1. The molecular weight excluding hydrogens is 529 g/mol. The Hall–Kier alpha value is -3.46. The van der Waals surface area contributed by atoms with Crippen LogP contribution in [0, 0.1) is 11.6 Å². The summed E-state index contributed by atoms with van der Waals surface area (Å²) in [6.45, 7) is 2.22. The molecule has 0 aliphatic rings. The minimum Gasteiger partial charge on any atom is -0.206 e. The van der Waals surface area contributed by atoms with Crippen molar-refractivity contribution < 1.29 is 8.78 Å². The van der Waals surface area contributed by atoms with E-state index in [0.29, 0.717) is 16.1 Å². The first-order chi connectivity index (χ1) is 18.9. The number of hydrogen-bond donors (Lipinski definition) is 0. The third kappa shape index (κ3) is 6.24. The van der Waals surface area contributed by atoms with E-state index in [1.807, 2.05) is 42.5 Å². The average Bonchev–Trinajstić information content (AvgIpc) is 2.95. The Morgan fingerprint density at radius 2 is 1.03 bits per heavy atom. The summed E-state index contributed by atoms with van der Waals surface area (Å²) in [5.74, 6) is -0.785. The first-order valence-corrected chi connectivity index (χ1v) is 13.9. The molecule has 0 atom stereocenters. The number of rotatable bonds is 8. The van der Waals surface area contributed by atoms with Crippen LogP contribution in [-0.4, -0.2) is 0 Å². The Labute approximate surface area is 238 Å². The Morgan fingerprint density at radius 3 is 1.64 bits per heavy atom. The molecule has 0 amide bonds. The van der Waals surface area contributed by atoms with Crippen LogP contribution in [0.4, 0.5) is 8.78 Å². The quantitative estimate of drug-likeness (QED) is 0.167. The van der Waals surface area contributed by atoms with Crippen molar-refractivity contribution in [3.05, 3.63) is 130 Å². The Morgan fingerprint density at radius 1 is 0.487 bits per heavy atom. The summed E-state index contributed by atoms with van der Waals surface area (Å²) in [5.41, 5.74) is 7.93. The van der Waals surface area contributed by atoms with Crippen LogP contribution >= 0.6 is 23.2 Å². The van der Waals surface area contributed by atoms with Gasteiger partial charge < -0.3 is 0 Å². The van der Waals surface area contributed by atoms with E-state index < -0.39 is 5.82 Å². The van der Waals surface area contributed by atoms with E-state index in [1.54, 1.807) is 24.3 Å². The van der Waals surface area contributed by atoms with Gasteiger partial charge in [0.25, 0.3) is 0 Å². The Balaban J connectivity index is 1.33. The second-order valence-corrected chi connectivity index (χ2v) is 10.6. The van der Waals surface area contributed by atoms with Crippen molar-refractivity contribution in [3.63, 3.8) is 0 Å². The van der Waals surface area contributed by atoms with Crippen LogP contribution in [0.2, 0.25) is 10.0 Å². The molecule has 196 valence electrons. The SMILES string of the molecule is CCCCCc1ccc(-c2ccc(-c3ccc(-c4ccc(-c5ccc(F)c(Cl)c5)c(Cl)c4)cc3F)cc2)cc1. The maximum absolute atomic E-state index is 15.3. The third-order valence-electron chi connectivity index (χ3n) is 7.05. The molecule has 5 aromatic rings. The van der Waals surface area contributed by atoms with Crippen LogP contribution in [0.15, 0.2) is 103 Å². The lowest BCUT2D eigenvalue weighted by molar-refractivity contribution is 0.628. The average molecular weight is 558 g/mol. The van der Waals surface area contributed by atoms with Gasteiger partial charge in [-0.05, 0) is 76.1 Å². The molecule has 0 spiro atoms. The number of halogens is 4. The molecule has 0 fully saturated rings. The van der Waals surface area contributed by atoms with E-state index in [9.17, 15) is 4.39 Å². The molecule has 4 heteroatoms. The zero-order chi connectivity index (χ0) is 27.4. The molecule has 0 saturated carbocycles. The van der Waals surface area contributed by atoms with Gasteiger partial charge in [0.05, 0.1) is 5.02 Å². The van der Waals surface area contributed by atoms with Gasteiger partial charge in [0.2, 0.25) is 0 Å². The lowest BCUT2D eigenvalue weighted by Gasteiger charge is -2.11. The maximum Gasteiger partial charge on any atom is 0.141 e. The van der Waals surface area contributed by atoms with Crippen molar-refractivity contribution in [1.82, 2.24) is 0 Å². The molecule has 0 heterocycles. The molecule has 39 heavy (non-hydrogen) atoms. The molecule has 0 bridgehead atoms. The van der Waals surface area contributed by atoms with Crippen molar-refractivity contribution in [2.75, 3.05) is 0 Å². The van der Waals surface area contributed by atoms with E-state index in [1.165, 1.54) is 37.0 Å². The van der Waals surface area contributed by atoms with E-state index in [4.69, 9.17) is 23.2 Å². The fourth-order valence-corrected chi connectivity index (χ4v) is 5.28. The summed E-state index contributed by atoms with van der Waals surface area (Å²) in [6, 6.07) is 31.9. The molecule has 0 aliphatic carbocycles. The van der Waals surface area contributed by atoms with Crippen molar-refractivity contribution in [2.45, 2.75) is 32.6 Å². The summed E-state index contributed by atoms with van der Waals surface area (Å²) in [5, 5.41) is 0.512. The standard InChI is InChI=1S/C35H28Cl2F2/c1-2-3-4-5-23-6-8-24(9-7-23)25-10-12-26(13-11-25)31-18-15-28(22-35(31)39)27-14-17-30(32(36)20-27)29-16-19-34(38)33(37)21-29/h6-22H,2-5H2,1H3. The lowest BCUT2D eigenvalue weighted by Crippen LogP contribution is -1.89. The monoisotopic (exact) mass is 556 g/mol. The summed E-state index contributed by atoms with van der Waals surface area (Å²) < 4.78 is 28.8. The van der Waals surface area contributed by atoms with Crippen molar-refractivity contribution in [3.8, 4) is 44.5 Å². The molecule has 0 radical (unpaired) electrons. The second kappa shape index (κ2) is 12.2. The van der Waals surface area contributed by atoms with E-state index in [0.717, 1.165) is 39.8 Å². The molecule has 0 aromatic heterocycles. The topological polar surface area (TPSA) is 0 Å². The number of benzene rings is 5. The van der Waals surface area contributed by atoms with Crippen molar-refractivity contribution in [2.24, 2.45) is 0 Å². The largest absolute Gasteiger partial charge is 0.206 e. The van der Waals surface area contributed by atoms with Gasteiger partial charge in [-0.3, -0.25) is 0 Å². The minimum absolute atomic E-state index is 0.0362. The molecule has 0 nitrogen and oxygen atoms in total. The zero-order valence-corrected chi connectivity index (χ0v) is 23.2. The number of aryl methyl sites for hydroxylation is 1. The third-order valence-corrected chi connectivity index (χ3v) is 7.66. The summed E-state index contributed by atoms with van der Waals surface area (Å²) in [4.78, 5) is 0. The second-order valence-electron chi connectivity index (χ2n) is 9.75. The van der Waals surface area contributed by atoms with Crippen LogP contribution in [0.1, 0.15) is 31.7 Å². The molecule has 0 saturated heterocycles. The summed E-state index contributed by atoms with van der Waals surface area (Å²) in [7, 11) is 0. The summed E-state index contributed by atoms with van der Waals surface area (Å²) >= 11 is 12.5. The first-order valence-electron chi connectivity index (χ1n) is 13.2. The van der Waals surface area contributed by atoms with Crippen LogP contribution < -0.4 is 0 Å². The van der Waals surface area contributed by atoms with Gasteiger partial charge in [-0.25, -0.2) is 8.78 Å². The molecular formula is C35H28Cl2F2. The molecule has 0 N–H and O–H groups in total. The van der Waals surface area contributed by atoms with Gasteiger partial charge in [0.1, 0.15) is 11.6 Å². The predicted octanol–water partition coefficient (Wildman–Crippen LogP) is 11.7. The highest BCUT2D eigenvalue weighted by Crippen LogP contribution is 2.35. The lowest BCUT2D eigenvalue weighted by atomic mass is 9.96. The van der Waals surface area contributed by atoms with Crippen LogP contribution in [-0.2, 0) is 6.42 Å². The number of hydrogen-bond acceptors (Lipinski definition) is 0. The molecule has 5 rings (SSSR count). The van der Waals surface area contributed by atoms with E-state index >= 15 is 4.39 Å². The number of unbranched alkanes of at least 4 members (excludes halogenated alkanes) is 2. The van der Waals surface area contributed by atoms with Gasteiger partial charge in [0.15, 0.2) is 0 Å².